The van der Waals surface area contributed by atoms with E-state index in [-0.39, 0.29) is 6.61 Å². The summed E-state index contributed by atoms with van der Waals surface area (Å²) >= 11 is 0. The van der Waals surface area contributed by atoms with E-state index in [9.17, 15) is 9.59 Å². The van der Waals surface area contributed by atoms with E-state index in [1.54, 1.807) is 30.3 Å². The van der Waals surface area contributed by atoms with E-state index in [0.29, 0.717) is 5.56 Å². The summed E-state index contributed by atoms with van der Waals surface area (Å²) in [6.45, 7) is -0.331. The topological polar surface area (TPSA) is 95.4 Å². The number of primary amides is 2. The van der Waals surface area contributed by atoms with Gasteiger partial charge in [-0.2, -0.15) is 0 Å². The van der Waals surface area contributed by atoms with Gasteiger partial charge in [-0.05, 0) is 5.56 Å². The maximum absolute atomic E-state index is 11.1. The largest absolute Gasteiger partial charge is 0.368 e. The first kappa shape index (κ1) is 11.2. The van der Waals surface area contributed by atoms with Gasteiger partial charge in [-0.3, -0.25) is 9.59 Å². The quantitative estimate of drug-likeness (QED) is 0.696. The molecular formula is C10H12N2O3. The van der Waals surface area contributed by atoms with Crippen LogP contribution in [0.1, 0.15) is 11.7 Å². The Labute approximate surface area is 87.0 Å². The molecule has 0 spiro atoms. The lowest BCUT2D eigenvalue weighted by molar-refractivity contribution is -0.134. The molecule has 0 aliphatic heterocycles. The fourth-order valence-electron chi connectivity index (χ4n) is 1.14. The van der Waals surface area contributed by atoms with Gasteiger partial charge in [0.1, 0.15) is 6.61 Å². The molecule has 0 saturated carbocycles. The summed E-state index contributed by atoms with van der Waals surface area (Å²) in [4.78, 5) is 21.6. The summed E-state index contributed by atoms with van der Waals surface area (Å²) in [5.74, 6) is -1.29. The monoisotopic (exact) mass is 208 g/mol. The summed E-state index contributed by atoms with van der Waals surface area (Å²) in [6.07, 6.45) is -0.932. The predicted molar refractivity (Wildman–Crippen MR) is 53.5 cm³/mol. The molecule has 1 aromatic rings. The molecule has 0 aromatic heterocycles. The Balaban J connectivity index is 2.75. The van der Waals surface area contributed by atoms with Gasteiger partial charge in [0.25, 0.3) is 5.91 Å². The van der Waals surface area contributed by atoms with Crippen LogP contribution in [0.25, 0.3) is 0 Å². The maximum atomic E-state index is 11.1. The molecule has 0 fully saturated rings. The van der Waals surface area contributed by atoms with E-state index < -0.39 is 17.9 Å². The van der Waals surface area contributed by atoms with E-state index in [4.69, 9.17) is 16.2 Å². The Bertz CT molecular complexity index is 351. The van der Waals surface area contributed by atoms with Gasteiger partial charge < -0.3 is 16.2 Å². The minimum atomic E-state index is -0.932. The standard InChI is InChI=1S/C10H12N2O3/c11-8(13)6-15-9(10(12)14)7-4-2-1-3-5-7/h1-5,9H,6H2,(H2,11,13)(H2,12,14). The molecule has 5 heteroatoms. The van der Waals surface area contributed by atoms with Gasteiger partial charge in [-0.1, -0.05) is 30.3 Å². The molecule has 0 heterocycles. The van der Waals surface area contributed by atoms with Gasteiger partial charge in [0.05, 0.1) is 0 Å². The first-order valence-corrected chi connectivity index (χ1v) is 4.35. The average Bonchev–Trinajstić information content (AvgIpc) is 2.18. The van der Waals surface area contributed by atoms with Crippen molar-refractivity contribution in [3.63, 3.8) is 0 Å². The van der Waals surface area contributed by atoms with Crippen LogP contribution in [0.2, 0.25) is 0 Å². The SMILES string of the molecule is NC(=O)COC(C(N)=O)c1ccccc1. The number of carbonyl (C=O) groups is 2. The molecule has 1 aromatic carbocycles. The molecule has 0 radical (unpaired) electrons. The molecule has 2 amide bonds. The van der Waals surface area contributed by atoms with Crippen molar-refractivity contribution >= 4 is 11.8 Å². The van der Waals surface area contributed by atoms with Gasteiger partial charge in [0, 0.05) is 0 Å². The lowest BCUT2D eigenvalue weighted by Gasteiger charge is -2.13. The highest BCUT2D eigenvalue weighted by atomic mass is 16.5. The van der Waals surface area contributed by atoms with Crippen LogP contribution >= 0.6 is 0 Å². The van der Waals surface area contributed by atoms with Gasteiger partial charge in [-0.15, -0.1) is 0 Å². The number of carbonyl (C=O) groups excluding carboxylic acids is 2. The molecule has 0 aliphatic carbocycles. The second-order valence-electron chi connectivity index (χ2n) is 2.97. The molecule has 80 valence electrons. The average molecular weight is 208 g/mol. The Morgan fingerprint density at radius 3 is 2.27 bits per heavy atom. The number of benzene rings is 1. The summed E-state index contributed by atoms with van der Waals surface area (Å²) in [5.41, 5.74) is 10.6. The van der Waals surface area contributed by atoms with E-state index in [0.717, 1.165) is 0 Å². The van der Waals surface area contributed by atoms with Crippen molar-refractivity contribution in [2.45, 2.75) is 6.10 Å². The molecule has 1 rings (SSSR count). The van der Waals surface area contributed by atoms with Crippen LogP contribution in [-0.4, -0.2) is 18.4 Å². The number of ether oxygens (including phenoxy) is 1. The van der Waals surface area contributed by atoms with E-state index >= 15 is 0 Å². The highest BCUT2D eigenvalue weighted by Gasteiger charge is 2.18. The summed E-state index contributed by atoms with van der Waals surface area (Å²) in [5, 5.41) is 0. The van der Waals surface area contributed by atoms with Crippen LogP contribution in [0.15, 0.2) is 30.3 Å². The minimum absolute atomic E-state index is 0.331. The highest BCUT2D eigenvalue weighted by molar-refractivity contribution is 5.81. The normalized spacial score (nSPS) is 12.0. The van der Waals surface area contributed by atoms with E-state index in [1.807, 2.05) is 0 Å². The third kappa shape index (κ3) is 3.40. The molecule has 1 atom stereocenters. The number of hydrogen-bond donors (Lipinski definition) is 2. The zero-order valence-corrected chi connectivity index (χ0v) is 8.05. The van der Waals surface area contributed by atoms with Crippen molar-refractivity contribution in [2.75, 3.05) is 6.61 Å². The fourth-order valence-corrected chi connectivity index (χ4v) is 1.14. The van der Waals surface area contributed by atoms with Crippen LogP contribution < -0.4 is 11.5 Å². The molecular weight excluding hydrogens is 196 g/mol. The van der Waals surface area contributed by atoms with Crippen molar-refractivity contribution in [1.29, 1.82) is 0 Å². The number of nitrogens with two attached hydrogens (primary N) is 2. The van der Waals surface area contributed by atoms with Crippen LogP contribution in [-0.2, 0) is 14.3 Å². The van der Waals surface area contributed by atoms with Crippen LogP contribution in [0.4, 0.5) is 0 Å². The van der Waals surface area contributed by atoms with Gasteiger partial charge in [0.2, 0.25) is 5.91 Å². The molecule has 4 N–H and O–H groups in total. The zero-order valence-electron chi connectivity index (χ0n) is 8.05. The number of rotatable bonds is 5. The van der Waals surface area contributed by atoms with Crippen molar-refractivity contribution < 1.29 is 14.3 Å². The second-order valence-corrected chi connectivity index (χ2v) is 2.97. The Hall–Kier alpha value is -1.88. The lowest BCUT2D eigenvalue weighted by atomic mass is 10.1. The Morgan fingerprint density at radius 2 is 1.80 bits per heavy atom. The smallest absolute Gasteiger partial charge is 0.251 e. The van der Waals surface area contributed by atoms with Crippen molar-refractivity contribution in [3.05, 3.63) is 35.9 Å². The summed E-state index contributed by atoms with van der Waals surface area (Å²) in [6, 6.07) is 8.68. The van der Waals surface area contributed by atoms with Gasteiger partial charge in [0.15, 0.2) is 6.10 Å². The first-order valence-electron chi connectivity index (χ1n) is 4.35. The highest BCUT2D eigenvalue weighted by Crippen LogP contribution is 2.15. The van der Waals surface area contributed by atoms with E-state index in [2.05, 4.69) is 0 Å². The molecule has 0 saturated heterocycles. The first-order chi connectivity index (χ1) is 7.11. The third-order valence-corrected chi connectivity index (χ3v) is 1.75. The lowest BCUT2D eigenvalue weighted by Crippen LogP contribution is -2.28. The van der Waals surface area contributed by atoms with Gasteiger partial charge >= 0.3 is 0 Å². The van der Waals surface area contributed by atoms with Crippen molar-refractivity contribution in [1.82, 2.24) is 0 Å². The van der Waals surface area contributed by atoms with Gasteiger partial charge in [-0.25, -0.2) is 0 Å². The Kier molecular flexibility index (Phi) is 3.82. The molecule has 0 aliphatic rings. The Morgan fingerprint density at radius 1 is 1.20 bits per heavy atom. The van der Waals surface area contributed by atoms with Crippen LogP contribution in [0.3, 0.4) is 0 Å². The number of amides is 2. The second kappa shape index (κ2) is 5.11. The van der Waals surface area contributed by atoms with Crippen molar-refractivity contribution in [2.24, 2.45) is 11.5 Å². The van der Waals surface area contributed by atoms with E-state index in [1.165, 1.54) is 0 Å². The molecule has 1 unspecified atom stereocenters. The summed E-state index contributed by atoms with van der Waals surface area (Å²) in [7, 11) is 0. The molecule has 0 bridgehead atoms. The summed E-state index contributed by atoms with van der Waals surface area (Å²) < 4.78 is 5.00. The minimum Gasteiger partial charge on any atom is -0.368 e. The number of hydrogen-bond acceptors (Lipinski definition) is 3. The zero-order chi connectivity index (χ0) is 11.3. The third-order valence-electron chi connectivity index (χ3n) is 1.75. The van der Waals surface area contributed by atoms with Crippen molar-refractivity contribution in [3.8, 4) is 0 Å². The predicted octanol–water partition coefficient (Wildman–Crippen LogP) is -0.285. The van der Waals surface area contributed by atoms with Crippen LogP contribution in [0, 0.1) is 0 Å². The molecule has 15 heavy (non-hydrogen) atoms. The maximum Gasteiger partial charge on any atom is 0.251 e. The fraction of sp³-hybridized carbons (Fsp3) is 0.200. The molecule has 5 nitrogen and oxygen atoms in total. The van der Waals surface area contributed by atoms with Crippen LogP contribution in [0.5, 0.6) is 0 Å².